The summed E-state index contributed by atoms with van der Waals surface area (Å²) >= 11 is 0. The Hall–Kier alpha value is -1.44. The molecule has 0 saturated carbocycles. The number of halogens is 2. The third-order valence-corrected chi connectivity index (χ3v) is 1.43. The maximum absolute atomic E-state index is 11.8. The fraction of sp³-hybridized carbons (Fsp3) is 0.600. The molecule has 0 aliphatic rings. The molecule has 1 aromatic heterocycles. The number of rotatable bonds is 3. The number of aromatic nitrogens is 3. The number of nitrogens with zero attached hydrogens (tertiary/aromatic N) is 1. The second kappa shape index (κ2) is 3.52. The predicted molar refractivity (Wildman–Crippen MR) is 37.7 cm³/mol. The Morgan fingerprint density at radius 1 is 1.31 bits per heavy atom. The molecular formula is C5H7F2N3O3. The van der Waals surface area contributed by atoms with Gasteiger partial charge in [0.25, 0.3) is 6.43 Å². The Morgan fingerprint density at radius 3 is 2.15 bits per heavy atom. The minimum absolute atomic E-state index is 0.455. The minimum Gasteiger partial charge on any atom is -0.385 e. The van der Waals surface area contributed by atoms with Gasteiger partial charge in [-0.15, -0.1) is 0 Å². The summed E-state index contributed by atoms with van der Waals surface area (Å²) in [5.74, 6) is 0. The average molecular weight is 195 g/mol. The van der Waals surface area contributed by atoms with Crippen molar-refractivity contribution in [1.82, 2.24) is 14.8 Å². The summed E-state index contributed by atoms with van der Waals surface area (Å²) in [4.78, 5) is 21.4. The van der Waals surface area contributed by atoms with Crippen molar-refractivity contribution in [2.24, 2.45) is 0 Å². The number of aliphatic hydroxyl groups excluding tert-OH is 1. The van der Waals surface area contributed by atoms with E-state index in [2.05, 4.69) is 0 Å². The van der Waals surface area contributed by atoms with Crippen molar-refractivity contribution >= 4 is 0 Å². The number of aromatic amines is 2. The molecule has 1 aromatic rings. The first-order valence-corrected chi connectivity index (χ1v) is 3.36. The van der Waals surface area contributed by atoms with Crippen LogP contribution in [0.15, 0.2) is 9.59 Å². The molecule has 1 rings (SSSR count). The van der Waals surface area contributed by atoms with Crippen molar-refractivity contribution in [3.8, 4) is 0 Å². The Kier molecular flexibility index (Phi) is 2.61. The summed E-state index contributed by atoms with van der Waals surface area (Å²) in [5, 5.41) is 12.5. The van der Waals surface area contributed by atoms with Crippen LogP contribution in [-0.2, 0) is 6.54 Å². The van der Waals surface area contributed by atoms with Gasteiger partial charge in [-0.3, -0.25) is 0 Å². The van der Waals surface area contributed by atoms with Gasteiger partial charge in [0.15, 0.2) is 0 Å². The van der Waals surface area contributed by atoms with Crippen LogP contribution in [0.25, 0.3) is 0 Å². The molecule has 0 amide bonds. The quantitative estimate of drug-likeness (QED) is 0.547. The Bertz CT molecular complexity index is 351. The van der Waals surface area contributed by atoms with E-state index in [1.165, 1.54) is 0 Å². The molecule has 0 radical (unpaired) electrons. The van der Waals surface area contributed by atoms with Crippen LogP contribution >= 0.6 is 0 Å². The van der Waals surface area contributed by atoms with Crippen LogP contribution < -0.4 is 11.4 Å². The van der Waals surface area contributed by atoms with Gasteiger partial charge in [0, 0.05) is 0 Å². The van der Waals surface area contributed by atoms with E-state index in [0.717, 1.165) is 0 Å². The molecule has 8 heteroatoms. The lowest BCUT2D eigenvalue weighted by molar-refractivity contribution is -0.0145. The first kappa shape index (κ1) is 9.65. The Balaban J connectivity index is 2.86. The highest BCUT2D eigenvalue weighted by Crippen LogP contribution is 2.00. The first-order chi connectivity index (χ1) is 6.02. The molecule has 0 aliphatic carbocycles. The highest BCUT2D eigenvalue weighted by atomic mass is 19.3. The molecule has 1 unspecified atom stereocenters. The lowest BCUT2D eigenvalue weighted by Crippen LogP contribution is -2.35. The molecule has 0 spiro atoms. The second-order valence-electron chi connectivity index (χ2n) is 2.37. The molecule has 6 nitrogen and oxygen atoms in total. The van der Waals surface area contributed by atoms with Gasteiger partial charge in [-0.05, 0) is 0 Å². The van der Waals surface area contributed by atoms with Gasteiger partial charge >= 0.3 is 11.4 Å². The zero-order chi connectivity index (χ0) is 10.0. The number of H-pyrrole nitrogens is 2. The molecule has 1 heterocycles. The maximum atomic E-state index is 11.8. The van der Waals surface area contributed by atoms with Crippen molar-refractivity contribution < 1.29 is 13.9 Å². The number of alkyl halides is 2. The summed E-state index contributed by atoms with van der Waals surface area (Å²) in [6, 6.07) is 0. The molecule has 1 atom stereocenters. The van der Waals surface area contributed by atoms with Crippen molar-refractivity contribution in [2.45, 2.75) is 19.1 Å². The standard InChI is InChI=1S/C5H7F2N3O3/c6-3(7)2(11)1-10-4(12)8-9-5(10)13/h2-3,11H,1H2,(H,8,12)(H,9,13). The summed E-state index contributed by atoms with van der Waals surface area (Å²) in [7, 11) is 0. The molecule has 0 bridgehead atoms. The van der Waals surface area contributed by atoms with Crippen LogP contribution in [0.2, 0.25) is 0 Å². The van der Waals surface area contributed by atoms with E-state index in [1.54, 1.807) is 0 Å². The van der Waals surface area contributed by atoms with Crippen LogP contribution in [0, 0.1) is 0 Å². The van der Waals surface area contributed by atoms with Gasteiger partial charge in [0.1, 0.15) is 6.10 Å². The predicted octanol–water partition coefficient (Wildman–Crippen LogP) is -1.51. The number of aliphatic hydroxyl groups is 1. The average Bonchev–Trinajstić information content (AvgIpc) is 2.35. The van der Waals surface area contributed by atoms with E-state index in [9.17, 15) is 18.4 Å². The molecule has 13 heavy (non-hydrogen) atoms. The van der Waals surface area contributed by atoms with Crippen molar-refractivity contribution in [3.63, 3.8) is 0 Å². The minimum atomic E-state index is -2.99. The van der Waals surface area contributed by atoms with E-state index in [0.29, 0.717) is 4.57 Å². The fourth-order valence-corrected chi connectivity index (χ4v) is 0.767. The largest absolute Gasteiger partial charge is 0.385 e. The van der Waals surface area contributed by atoms with Gasteiger partial charge in [-0.2, -0.15) is 0 Å². The van der Waals surface area contributed by atoms with Gasteiger partial charge in [0.2, 0.25) is 0 Å². The van der Waals surface area contributed by atoms with Crippen LogP contribution in [-0.4, -0.2) is 32.4 Å². The van der Waals surface area contributed by atoms with Crippen molar-refractivity contribution in [1.29, 1.82) is 0 Å². The van der Waals surface area contributed by atoms with Crippen molar-refractivity contribution in [2.75, 3.05) is 0 Å². The third kappa shape index (κ3) is 2.02. The number of nitrogens with one attached hydrogen (secondary N) is 2. The molecule has 3 N–H and O–H groups in total. The van der Waals surface area contributed by atoms with E-state index in [4.69, 9.17) is 5.11 Å². The Labute approximate surface area is 69.8 Å². The zero-order valence-corrected chi connectivity index (χ0v) is 6.33. The van der Waals surface area contributed by atoms with Gasteiger partial charge in [-0.25, -0.2) is 33.1 Å². The van der Waals surface area contributed by atoms with E-state index < -0.39 is 30.5 Å². The van der Waals surface area contributed by atoms with Crippen LogP contribution in [0.4, 0.5) is 8.78 Å². The number of hydrogen-bond donors (Lipinski definition) is 3. The highest BCUT2D eigenvalue weighted by molar-refractivity contribution is 4.69. The van der Waals surface area contributed by atoms with Crippen LogP contribution in [0.5, 0.6) is 0 Å². The molecule has 0 aliphatic heterocycles. The van der Waals surface area contributed by atoms with Crippen LogP contribution in [0.1, 0.15) is 0 Å². The third-order valence-electron chi connectivity index (χ3n) is 1.43. The van der Waals surface area contributed by atoms with Gasteiger partial charge in [-0.1, -0.05) is 0 Å². The van der Waals surface area contributed by atoms with Gasteiger partial charge in [0.05, 0.1) is 6.54 Å². The monoisotopic (exact) mass is 195 g/mol. The summed E-state index contributed by atoms with van der Waals surface area (Å²) in [5.41, 5.74) is -1.71. The van der Waals surface area contributed by atoms with E-state index >= 15 is 0 Å². The summed E-state index contributed by atoms with van der Waals surface area (Å²) < 4.78 is 24.0. The van der Waals surface area contributed by atoms with Crippen molar-refractivity contribution in [3.05, 3.63) is 21.0 Å². The molecule has 74 valence electrons. The zero-order valence-electron chi connectivity index (χ0n) is 6.33. The lowest BCUT2D eigenvalue weighted by atomic mass is 10.4. The summed E-state index contributed by atoms with van der Waals surface area (Å²) in [6.45, 7) is -0.727. The topological polar surface area (TPSA) is 90.9 Å². The van der Waals surface area contributed by atoms with Crippen LogP contribution in [0.3, 0.4) is 0 Å². The molecule has 0 saturated heterocycles. The summed E-state index contributed by atoms with van der Waals surface area (Å²) in [6.07, 6.45) is -5.00. The number of hydrogen-bond acceptors (Lipinski definition) is 3. The van der Waals surface area contributed by atoms with Gasteiger partial charge < -0.3 is 5.11 Å². The van der Waals surface area contributed by atoms with E-state index in [1.807, 2.05) is 10.2 Å². The maximum Gasteiger partial charge on any atom is 0.344 e. The smallest absolute Gasteiger partial charge is 0.344 e. The molecular weight excluding hydrogens is 188 g/mol. The second-order valence-corrected chi connectivity index (χ2v) is 2.37. The Morgan fingerprint density at radius 2 is 1.77 bits per heavy atom. The SMILES string of the molecule is O=c1[nH][nH]c(=O)n1CC(O)C(F)F. The highest BCUT2D eigenvalue weighted by Gasteiger charge is 2.19. The lowest BCUT2D eigenvalue weighted by Gasteiger charge is -2.07. The molecule has 0 aromatic carbocycles. The van der Waals surface area contributed by atoms with E-state index in [-0.39, 0.29) is 0 Å². The normalized spacial score (nSPS) is 13.5. The molecule has 0 fully saturated rings. The fourth-order valence-electron chi connectivity index (χ4n) is 0.767. The first-order valence-electron chi connectivity index (χ1n) is 3.36.